The van der Waals surface area contributed by atoms with Crippen molar-refractivity contribution < 1.29 is 9.59 Å². The summed E-state index contributed by atoms with van der Waals surface area (Å²) < 4.78 is 0. The molecule has 1 aliphatic carbocycles. The number of carbonyl (C=O) groups is 2. The molecule has 2 aromatic rings. The first kappa shape index (κ1) is 18.5. The van der Waals surface area contributed by atoms with E-state index < -0.39 is 0 Å². The topological polar surface area (TPSA) is 74.3 Å². The normalized spacial score (nSPS) is 16.9. The third-order valence-electron chi connectivity index (χ3n) is 5.64. The Kier molecular flexibility index (Phi) is 5.55. The molecule has 2 heterocycles. The van der Waals surface area contributed by atoms with Gasteiger partial charge in [-0.2, -0.15) is 0 Å². The Morgan fingerprint density at radius 2 is 1.79 bits per heavy atom. The molecule has 0 bridgehead atoms. The molecule has 1 aromatic carbocycles. The Morgan fingerprint density at radius 3 is 2.57 bits per heavy atom. The Morgan fingerprint density at radius 1 is 1.00 bits per heavy atom. The zero-order chi connectivity index (χ0) is 19.3. The van der Waals surface area contributed by atoms with Gasteiger partial charge in [0.25, 0.3) is 5.91 Å². The van der Waals surface area contributed by atoms with Gasteiger partial charge in [0.15, 0.2) is 0 Å². The summed E-state index contributed by atoms with van der Waals surface area (Å²) in [5.74, 6) is -0.162. The van der Waals surface area contributed by atoms with E-state index in [4.69, 9.17) is 0 Å². The fourth-order valence-electron chi connectivity index (χ4n) is 4.03. The second-order valence-corrected chi connectivity index (χ2v) is 7.63. The second-order valence-electron chi connectivity index (χ2n) is 7.63. The molecule has 0 saturated heterocycles. The summed E-state index contributed by atoms with van der Waals surface area (Å²) in [4.78, 5) is 30.8. The second kappa shape index (κ2) is 8.42. The van der Waals surface area contributed by atoms with E-state index in [1.54, 1.807) is 24.5 Å². The predicted octanol–water partition coefficient (Wildman–Crippen LogP) is 3.73. The van der Waals surface area contributed by atoms with Gasteiger partial charge >= 0.3 is 6.03 Å². The van der Waals surface area contributed by atoms with Crippen LogP contribution in [0.3, 0.4) is 0 Å². The largest absolute Gasteiger partial charge is 0.335 e. The number of fused-ring (bicyclic) bond motifs is 1. The third kappa shape index (κ3) is 4.32. The molecule has 6 heteroatoms. The van der Waals surface area contributed by atoms with Gasteiger partial charge in [0.05, 0.1) is 0 Å². The Hall–Kier alpha value is -2.89. The highest BCUT2D eigenvalue weighted by atomic mass is 16.2. The fourth-order valence-corrected chi connectivity index (χ4v) is 4.03. The van der Waals surface area contributed by atoms with Crippen molar-refractivity contribution in [3.8, 4) is 0 Å². The van der Waals surface area contributed by atoms with Gasteiger partial charge in [-0.3, -0.25) is 9.78 Å². The molecule has 4 rings (SSSR count). The lowest BCUT2D eigenvalue weighted by atomic mass is 9.95. The van der Waals surface area contributed by atoms with Crippen LogP contribution in [0.1, 0.15) is 53.6 Å². The van der Waals surface area contributed by atoms with Crippen LogP contribution in [0.4, 0.5) is 10.5 Å². The number of amides is 3. The number of carbonyl (C=O) groups excluding carboxylic acids is 2. The van der Waals surface area contributed by atoms with Crippen molar-refractivity contribution >= 4 is 17.6 Å². The van der Waals surface area contributed by atoms with E-state index in [-0.39, 0.29) is 11.9 Å². The number of hydrogen-bond donors (Lipinski definition) is 2. The smallest absolute Gasteiger partial charge is 0.317 e. The highest BCUT2D eigenvalue weighted by Gasteiger charge is 2.24. The van der Waals surface area contributed by atoms with E-state index in [2.05, 4.69) is 15.6 Å². The molecule has 1 fully saturated rings. The molecule has 0 unspecified atom stereocenters. The van der Waals surface area contributed by atoms with Gasteiger partial charge in [0, 0.05) is 42.8 Å². The predicted molar refractivity (Wildman–Crippen MR) is 108 cm³/mol. The maximum absolute atomic E-state index is 12.7. The molecule has 1 aliphatic heterocycles. The number of pyridine rings is 1. The van der Waals surface area contributed by atoms with E-state index in [0.29, 0.717) is 18.2 Å². The highest BCUT2D eigenvalue weighted by Crippen LogP contribution is 2.24. The van der Waals surface area contributed by atoms with Crippen LogP contribution in [0.5, 0.6) is 0 Å². The van der Waals surface area contributed by atoms with Crippen molar-refractivity contribution in [3.05, 3.63) is 59.4 Å². The standard InChI is InChI=1S/C22H26N4O2/c27-21(17-8-11-23-12-9-17)24-20-7-6-16-10-13-26(15-18(16)14-20)22(28)25-19-4-2-1-3-5-19/h6-9,11-12,14,19H,1-5,10,13,15H2,(H,24,27)(H,25,28). The first-order valence-corrected chi connectivity index (χ1v) is 10.1. The Balaban J connectivity index is 1.40. The van der Waals surface area contributed by atoms with Gasteiger partial charge in [-0.05, 0) is 54.7 Å². The van der Waals surface area contributed by atoms with Crippen LogP contribution in [0.25, 0.3) is 0 Å². The summed E-state index contributed by atoms with van der Waals surface area (Å²) in [7, 11) is 0. The van der Waals surface area contributed by atoms with E-state index in [0.717, 1.165) is 37.1 Å². The minimum Gasteiger partial charge on any atom is -0.335 e. The van der Waals surface area contributed by atoms with Gasteiger partial charge in [-0.15, -0.1) is 0 Å². The molecular weight excluding hydrogens is 352 g/mol. The average Bonchev–Trinajstić information content (AvgIpc) is 2.74. The van der Waals surface area contributed by atoms with Crippen molar-refractivity contribution in [2.24, 2.45) is 0 Å². The number of hydrogen-bond acceptors (Lipinski definition) is 3. The molecule has 28 heavy (non-hydrogen) atoms. The van der Waals surface area contributed by atoms with Crippen molar-refractivity contribution in [2.45, 2.75) is 51.1 Å². The van der Waals surface area contributed by atoms with Crippen LogP contribution >= 0.6 is 0 Å². The quantitative estimate of drug-likeness (QED) is 0.854. The van der Waals surface area contributed by atoms with E-state index >= 15 is 0 Å². The summed E-state index contributed by atoms with van der Waals surface area (Å²) in [5.41, 5.74) is 3.65. The van der Waals surface area contributed by atoms with Crippen LogP contribution in [-0.2, 0) is 13.0 Å². The van der Waals surface area contributed by atoms with Crippen LogP contribution in [0.2, 0.25) is 0 Å². The zero-order valence-corrected chi connectivity index (χ0v) is 16.0. The highest BCUT2D eigenvalue weighted by molar-refractivity contribution is 6.04. The molecule has 0 radical (unpaired) electrons. The van der Waals surface area contributed by atoms with Crippen LogP contribution < -0.4 is 10.6 Å². The molecule has 146 valence electrons. The lowest BCUT2D eigenvalue weighted by molar-refractivity contribution is 0.102. The summed E-state index contributed by atoms with van der Waals surface area (Å²) >= 11 is 0. The monoisotopic (exact) mass is 378 g/mol. The van der Waals surface area contributed by atoms with Crippen LogP contribution in [-0.4, -0.2) is 34.4 Å². The molecule has 2 N–H and O–H groups in total. The molecule has 6 nitrogen and oxygen atoms in total. The molecule has 3 amide bonds. The summed E-state index contributed by atoms with van der Waals surface area (Å²) in [6.07, 6.45) is 9.89. The summed E-state index contributed by atoms with van der Waals surface area (Å²) in [6, 6.07) is 9.67. The Labute approximate surface area is 165 Å². The summed E-state index contributed by atoms with van der Waals surface area (Å²) in [6.45, 7) is 1.31. The van der Waals surface area contributed by atoms with Gasteiger partial charge < -0.3 is 15.5 Å². The first-order valence-electron chi connectivity index (χ1n) is 10.1. The van der Waals surface area contributed by atoms with Crippen LogP contribution in [0.15, 0.2) is 42.7 Å². The molecule has 0 spiro atoms. The number of aromatic nitrogens is 1. The summed E-state index contributed by atoms with van der Waals surface area (Å²) in [5, 5.41) is 6.13. The maximum Gasteiger partial charge on any atom is 0.317 e. The molecular formula is C22H26N4O2. The maximum atomic E-state index is 12.7. The Bertz CT molecular complexity index is 847. The number of urea groups is 1. The number of benzene rings is 1. The minimum atomic E-state index is -0.162. The molecule has 1 aromatic heterocycles. The third-order valence-corrected chi connectivity index (χ3v) is 5.64. The van der Waals surface area contributed by atoms with Gasteiger partial charge in [0.1, 0.15) is 0 Å². The van der Waals surface area contributed by atoms with Gasteiger partial charge in [0.2, 0.25) is 0 Å². The van der Waals surface area contributed by atoms with Crippen molar-refractivity contribution in [1.29, 1.82) is 0 Å². The lowest BCUT2D eigenvalue weighted by Crippen LogP contribution is -2.47. The van der Waals surface area contributed by atoms with Gasteiger partial charge in [-0.1, -0.05) is 25.3 Å². The average molecular weight is 378 g/mol. The van der Waals surface area contributed by atoms with E-state index in [9.17, 15) is 9.59 Å². The molecule has 1 saturated carbocycles. The lowest BCUT2D eigenvalue weighted by Gasteiger charge is -2.32. The van der Waals surface area contributed by atoms with Crippen molar-refractivity contribution in [2.75, 3.05) is 11.9 Å². The van der Waals surface area contributed by atoms with Crippen molar-refractivity contribution in [3.63, 3.8) is 0 Å². The van der Waals surface area contributed by atoms with Crippen molar-refractivity contribution in [1.82, 2.24) is 15.2 Å². The fraction of sp³-hybridized carbons (Fsp3) is 0.409. The molecule has 0 atom stereocenters. The minimum absolute atomic E-state index is 0.0313. The SMILES string of the molecule is O=C(Nc1ccc2c(c1)CN(C(=O)NC1CCCCC1)CC2)c1ccncc1. The number of nitrogens with zero attached hydrogens (tertiary/aromatic N) is 2. The first-order chi connectivity index (χ1) is 13.7. The molecule has 2 aliphatic rings. The van der Waals surface area contributed by atoms with Gasteiger partial charge in [-0.25, -0.2) is 4.79 Å². The number of nitrogens with one attached hydrogen (secondary N) is 2. The van der Waals surface area contributed by atoms with Crippen LogP contribution in [0, 0.1) is 0 Å². The number of rotatable bonds is 3. The zero-order valence-electron chi connectivity index (χ0n) is 16.0. The number of anilines is 1. The van der Waals surface area contributed by atoms with E-state index in [1.807, 2.05) is 23.1 Å². The van der Waals surface area contributed by atoms with E-state index in [1.165, 1.54) is 24.8 Å².